The molecule has 0 bridgehead atoms. The van der Waals surface area contributed by atoms with Gasteiger partial charge in [0.15, 0.2) is 0 Å². The lowest BCUT2D eigenvalue weighted by atomic mass is 10.1. The molecule has 1 fully saturated rings. The van der Waals surface area contributed by atoms with Crippen LogP contribution < -0.4 is 0 Å². The highest BCUT2D eigenvalue weighted by Crippen LogP contribution is 2.27. The van der Waals surface area contributed by atoms with Gasteiger partial charge in [-0.25, -0.2) is 0 Å². The Kier molecular flexibility index (Phi) is 4.43. The number of hydrogen-bond donors (Lipinski definition) is 2. The van der Waals surface area contributed by atoms with Crippen molar-refractivity contribution in [1.82, 2.24) is 9.88 Å². The number of nitrogens with zero attached hydrogens (tertiary/aromatic N) is 2. The van der Waals surface area contributed by atoms with Crippen molar-refractivity contribution in [2.45, 2.75) is 12.5 Å². The molecule has 1 aliphatic rings. The summed E-state index contributed by atoms with van der Waals surface area (Å²) in [6, 6.07) is 3.92. The largest absolute Gasteiger partial charge is 0.481 e. The van der Waals surface area contributed by atoms with E-state index in [1.54, 1.807) is 22.7 Å². The molecule has 1 saturated heterocycles. The summed E-state index contributed by atoms with van der Waals surface area (Å²) in [7, 11) is 0. The first kappa shape index (κ1) is 16.3. The Morgan fingerprint density at radius 1 is 1.46 bits per heavy atom. The Morgan fingerprint density at radius 2 is 2.25 bits per heavy atom. The van der Waals surface area contributed by atoms with Crippen LogP contribution in [0.15, 0.2) is 24.4 Å². The number of nitro groups is 1. The van der Waals surface area contributed by atoms with Crippen molar-refractivity contribution in [2.75, 3.05) is 18.1 Å². The molecule has 8 nitrogen and oxygen atoms in total. The molecule has 0 radical (unpaired) electrons. The second kappa shape index (κ2) is 6.52. The molecule has 1 atom stereocenters. The van der Waals surface area contributed by atoms with Crippen LogP contribution in [0.4, 0.5) is 5.69 Å². The van der Waals surface area contributed by atoms with Gasteiger partial charge in [0.05, 0.1) is 22.9 Å². The molecule has 3 rings (SSSR count). The Balaban J connectivity index is 1.96. The lowest BCUT2D eigenvalue weighted by Crippen LogP contribution is -2.47. The number of nitrogens with one attached hydrogen (secondary N) is 1. The normalized spacial score (nSPS) is 17.8. The number of hydrogen-bond acceptors (Lipinski definition) is 5. The molecule has 1 unspecified atom stereocenters. The zero-order chi connectivity index (χ0) is 17.3. The molecule has 1 aromatic heterocycles. The minimum atomic E-state index is -0.949. The molecular weight excluding hydrogens is 334 g/mol. The minimum absolute atomic E-state index is 0.0903. The summed E-state index contributed by atoms with van der Waals surface area (Å²) in [6.45, 7) is 0.461. The molecule has 126 valence electrons. The SMILES string of the molecule is O=C(O)CC1CSCCN1C(=O)c1c[nH]c2ccc([N+](=O)[O-])cc12. The van der Waals surface area contributed by atoms with Gasteiger partial charge < -0.3 is 15.0 Å². The van der Waals surface area contributed by atoms with Crippen LogP contribution in [0.5, 0.6) is 0 Å². The average molecular weight is 349 g/mol. The maximum atomic E-state index is 12.9. The molecule has 0 spiro atoms. The van der Waals surface area contributed by atoms with Crippen LogP contribution in [-0.4, -0.2) is 55.9 Å². The number of carbonyl (C=O) groups is 2. The maximum Gasteiger partial charge on any atom is 0.305 e. The first-order valence-corrected chi connectivity index (χ1v) is 8.49. The number of fused-ring (bicyclic) bond motifs is 1. The number of non-ortho nitro benzene ring substituents is 1. The van der Waals surface area contributed by atoms with E-state index in [0.717, 1.165) is 5.75 Å². The fourth-order valence-corrected chi connectivity index (χ4v) is 3.91. The van der Waals surface area contributed by atoms with E-state index in [4.69, 9.17) is 5.11 Å². The summed E-state index contributed by atoms with van der Waals surface area (Å²) in [5, 5.41) is 20.5. The van der Waals surface area contributed by atoms with Gasteiger partial charge in [-0.1, -0.05) is 0 Å². The van der Waals surface area contributed by atoms with Crippen LogP contribution in [0.3, 0.4) is 0 Å². The number of nitro benzene ring substituents is 1. The smallest absolute Gasteiger partial charge is 0.305 e. The number of carboxylic acids is 1. The summed E-state index contributed by atoms with van der Waals surface area (Å²) >= 11 is 1.62. The molecule has 2 aromatic rings. The van der Waals surface area contributed by atoms with Crippen molar-refractivity contribution in [3.05, 3.63) is 40.1 Å². The average Bonchev–Trinajstić information content (AvgIpc) is 2.97. The highest BCUT2D eigenvalue weighted by molar-refractivity contribution is 7.99. The minimum Gasteiger partial charge on any atom is -0.481 e. The number of amides is 1. The number of aromatic amines is 1. The van der Waals surface area contributed by atoms with Crippen molar-refractivity contribution in [1.29, 1.82) is 0 Å². The number of aliphatic carboxylic acids is 1. The number of aromatic nitrogens is 1. The molecule has 0 saturated carbocycles. The van der Waals surface area contributed by atoms with Gasteiger partial charge in [-0.3, -0.25) is 19.7 Å². The zero-order valence-electron chi connectivity index (χ0n) is 12.6. The number of rotatable bonds is 4. The predicted octanol–water partition coefficient (Wildman–Crippen LogP) is 2.11. The van der Waals surface area contributed by atoms with Crippen LogP contribution in [0.25, 0.3) is 10.9 Å². The van der Waals surface area contributed by atoms with Gasteiger partial charge in [0.25, 0.3) is 11.6 Å². The van der Waals surface area contributed by atoms with Crippen LogP contribution >= 0.6 is 11.8 Å². The van der Waals surface area contributed by atoms with E-state index in [-0.39, 0.29) is 24.1 Å². The number of thioether (sulfide) groups is 1. The molecule has 1 aliphatic heterocycles. The lowest BCUT2D eigenvalue weighted by Gasteiger charge is -2.34. The molecule has 0 aliphatic carbocycles. The van der Waals surface area contributed by atoms with Gasteiger partial charge >= 0.3 is 5.97 Å². The Labute approximate surface area is 141 Å². The van der Waals surface area contributed by atoms with E-state index in [9.17, 15) is 19.7 Å². The van der Waals surface area contributed by atoms with Crippen LogP contribution in [0.2, 0.25) is 0 Å². The predicted molar refractivity (Wildman–Crippen MR) is 89.4 cm³/mol. The van der Waals surface area contributed by atoms with Crippen molar-refractivity contribution in [2.24, 2.45) is 0 Å². The standard InChI is InChI=1S/C15H15N3O5S/c19-14(20)6-10-8-24-4-3-17(10)15(21)12-7-16-13-2-1-9(18(22)23)5-11(12)13/h1-2,5,7,10,16H,3-4,6,8H2,(H,19,20). The van der Waals surface area contributed by atoms with E-state index in [2.05, 4.69) is 4.98 Å². The first-order chi connectivity index (χ1) is 11.5. The van der Waals surface area contributed by atoms with Crippen molar-refractivity contribution >= 4 is 40.2 Å². The summed E-state index contributed by atoms with van der Waals surface area (Å²) in [5.41, 5.74) is 0.869. The first-order valence-electron chi connectivity index (χ1n) is 7.33. The van der Waals surface area contributed by atoms with Crippen molar-refractivity contribution < 1.29 is 19.6 Å². The van der Waals surface area contributed by atoms with Gasteiger partial charge in [0, 0.05) is 47.3 Å². The van der Waals surface area contributed by atoms with E-state index in [1.807, 2.05) is 0 Å². The third-order valence-corrected chi connectivity index (χ3v) is 5.10. The zero-order valence-corrected chi connectivity index (χ0v) is 13.4. The molecule has 2 heterocycles. The number of carbonyl (C=O) groups excluding carboxylic acids is 1. The third-order valence-electron chi connectivity index (χ3n) is 4.01. The van der Waals surface area contributed by atoms with Crippen molar-refractivity contribution in [3.8, 4) is 0 Å². The number of carboxylic acid groups (broad SMARTS) is 1. The molecule has 2 N–H and O–H groups in total. The lowest BCUT2D eigenvalue weighted by molar-refractivity contribution is -0.384. The molecule has 9 heteroatoms. The fraction of sp³-hybridized carbons (Fsp3) is 0.333. The monoisotopic (exact) mass is 349 g/mol. The van der Waals surface area contributed by atoms with E-state index in [1.165, 1.54) is 18.3 Å². The number of H-pyrrole nitrogens is 1. The van der Waals surface area contributed by atoms with Gasteiger partial charge in [-0.2, -0.15) is 11.8 Å². The summed E-state index contributed by atoms with van der Waals surface area (Å²) in [6.07, 6.45) is 1.41. The Bertz CT molecular complexity index is 819. The van der Waals surface area contributed by atoms with Gasteiger partial charge in [0.1, 0.15) is 0 Å². The summed E-state index contributed by atoms with van der Waals surface area (Å²) < 4.78 is 0. The summed E-state index contributed by atoms with van der Waals surface area (Å²) in [4.78, 5) is 38.9. The maximum absolute atomic E-state index is 12.9. The van der Waals surface area contributed by atoms with E-state index in [0.29, 0.717) is 28.8 Å². The van der Waals surface area contributed by atoms with Crippen LogP contribution in [0, 0.1) is 10.1 Å². The second-order valence-electron chi connectivity index (χ2n) is 5.51. The van der Waals surface area contributed by atoms with Crippen molar-refractivity contribution in [3.63, 3.8) is 0 Å². The summed E-state index contributed by atoms with van der Waals surface area (Å²) in [5.74, 6) is 0.0634. The highest BCUT2D eigenvalue weighted by atomic mass is 32.2. The molecular formula is C15H15N3O5S. The van der Waals surface area contributed by atoms with Gasteiger partial charge in [-0.15, -0.1) is 0 Å². The van der Waals surface area contributed by atoms with Crippen LogP contribution in [-0.2, 0) is 4.79 Å². The molecule has 24 heavy (non-hydrogen) atoms. The third kappa shape index (κ3) is 3.07. The van der Waals surface area contributed by atoms with E-state index < -0.39 is 10.9 Å². The second-order valence-corrected chi connectivity index (χ2v) is 6.66. The van der Waals surface area contributed by atoms with E-state index >= 15 is 0 Å². The Hall–Kier alpha value is -2.55. The topological polar surface area (TPSA) is 117 Å². The fourth-order valence-electron chi connectivity index (χ4n) is 2.85. The molecule has 1 aromatic carbocycles. The highest BCUT2D eigenvalue weighted by Gasteiger charge is 2.30. The molecule has 1 amide bonds. The van der Waals surface area contributed by atoms with Gasteiger partial charge in [0.2, 0.25) is 0 Å². The Morgan fingerprint density at radius 3 is 2.96 bits per heavy atom. The number of benzene rings is 1. The quantitative estimate of drug-likeness (QED) is 0.645. The van der Waals surface area contributed by atoms with Gasteiger partial charge in [-0.05, 0) is 6.07 Å². The van der Waals surface area contributed by atoms with Crippen LogP contribution in [0.1, 0.15) is 16.8 Å².